The highest BCUT2D eigenvalue weighted by Gasteiger charge is 2.22. The number of carboxylic acids is 1. The maximum atomic E-state index is 13.0. The number of quaternary nitrogens is 1. The molecule has 9 heteroatoms. The number of rotatable bonds is 79. The molecule has 0 saturated heterocycles. The summed E-state index contributed by atoms with van der Waals surface area (Å²) in [5, 5.41) is 11.9. The molecular formula is C88H161NO8. The van der Waals surface area contributed by atoms with E-state index in [0.717, 1.165) is 64.2 Å². The fourth-order valence-corrected chi connectivity index (χ4v) is 12.6. The van der Waals surface area contributed by atoms with Crippen molar-refractivity contribution in [2.24, 2.45) is 0 Å². The molecule has 0 aliphatic heterocycles. The van der Waals surface area contributed by atoms with Crippen LogP contribution in [0.1, 0.15) is 412 Å². The number of carbonyl (C=O) groups excluding carboxylic acids is 3. The predicted molar refractivity (Wildman–Crippen MR) is 417 cm³/mol. The number of allylic oxidation sites excluding steroid dienone is 12. The van der Waals surface area contributed by atoms with Crippen molar-refractivity contribution in [3.05, 3.63) is 72.9 Å². The first-order chi connectivity index (χ1) is 47.6. The Morgan fingerprint density at radius 1 is 0.320 bits per heavy atom. The Morgan fingerprint density at radius 3 is 0.887 bits per heavy atom. The van der Waals surface area contributed by atoms with Crippen molar-refractivity contribution >= 4 is 17.9 Å². The van der Waals surface area contributed by atoms with Crippen LogP contribution in [-0.2, 0) is 33.3 Å². The molecule has 0 aliphatic carbocycles. The van der Waals surface area contributed by atoms with Gasteiger partial charge in [-0.15, -0.1) is 0 Å². The molecule has 0 heterocycles. The monoisotopic (exact) mass is 1360 g/mol. The summed E-state index contributed by atoms with van der Waals surface area (Å²) in [6.45, 7) is 4.70. The van der Waals surface area contributed by atoms with Crippen LogP contribution in [0.5, 0.6) is 0 Å². The fraction of sp³-hybridized carbons (Fsp3) is 0.830. The summed E-state index contributed by atoms with van der Waals surface area (Å²) in [6.07, 6.45) is 103. The summed E-state index contributed by atoms with van der Waals surface area (Å²) in [7, 11) is 5.95. The van der Waals surface area contributed by atoms with Gasteiger partial charge in [-0.1, -0.05) is 389 Å². The summed E-state index contributed by atoms with van der Waals surface area (Å²) in [5.41, 5.74) is 0. The second-order valence-electron chi connectivity index (χ2n) is 29.7. The van der Waals surface area contributed by atoms with E-state index >= 15 is 0 Å². The summed E-state index contributed by atoms with van der Waals surface area (Å²) < 4.78 is 22.9. The van der Waals surface area contributed by atoms with E-state index in [9.17, 15) is 19.5 Å². The van der Waals surface area contributed by atoms with Gasteiger partial charge in [-0.25, -0.2) is 0 Å². The van der Waals surface area contributed by atoms with E-state index in [4.69, 9.17) is 18.9 Å². The van der Waals surface area contributed by atoms with Crippen LogP contribution in [0.3, 0.4) is 0 Å². The molecule has 2 unspecified atom stereocenters. The molecular weight excluding hydrogens is 1200 g/mol. The second-order valence-corrected chi connectivity index (χ2v) is 29.7. The van der Waals surface area contributed by atoms with E-state index < -0.39 is 24.3 Å². The smallest absolute Gasteiger partial charge is 0.306 e. The number of carbonyl (C=O) groups is 3. The number of likely N-dealkylation sites (N-methyl/N-ethyl adjacent to an activating group) is 1. The average Bonchev–Trinajstić information content (AvgIpc) is 3.11. The lowest BCUT2D eigenvalue weighted by Gasteiger charge is -2.26. The third kappa shape index (κ3) is 79.9. The molecule has 566 valence electrons. The van der Waals surface area contributed by atoms with Crippen LogP contribution in [0, 0.1) is 0 Å². The van der Waals surface area contributed by atoms with E-state index in [1.807, 2.05) is 21.1 Å². The van der Waals surface area contributed by atoms with Crippen molar-refractivity contribution in [1.29, 1.82) is 0 Å². The number of nitrogens with zero attached hydrogens (tertiary/aromatic N) is 1. The predicted octanol–water partition coefficient (Wildman–Crippen LogP) is 25.8. The van der Waals surface area contributed by atoms with Gasteiger partial charge in [-0.2, -0.15) is 0 Å². The summed E-state index contributed by atoms with van der Waals surface area (Å²) in [5.74, 6) is -2.25. The SMILES string of the molecule is CC/C=C\C/C=C\C/C=C\C/C=C\C/C=C\CCCCCCCCCCCCCCCCCCCCCCCC(=O)OC(COC(=O)CCCCCCCCCCCCCCCCCCCCCCCCC/C=C\CCCCCCCCCC)COC(OCC[N+](C)(C)C)C(=O)[O-]. The Morgan fingerprint density at radius 2 is 0.588 bits per heavy atom. The first-order valence-corrected chi connectivity index (χ1v) is 42.1. The Balaban J connectivity index is 3.95. The lowest BCUT2D eigenvalue weighted by Crippen LogP contribution is -2.44. The third-order valence-corrected chi connectivity index (χ3v) is 18.9. The molecule has 0 rings (SSSR count). The Labute approximate surface area is 602 Å². The molecule has 2 atom stereocenters. The Kier molecular flexibility index (Phi) is 75.8. The minimum absolute atomic E-state index is 0.150. The second kappa shape index (κ2) is 78.4. The first kappa shape index (κ1) is 93.7. The van der Waals surface area contributed by atoms with E-state index in [1.54, 1.807) is 0 Å². The minimum atomic E-state index is -1.62. The zero-order chi connectivity index (χ0) is 70.4. The Bertz CT molecular complexity index is 1830. The highest BCUT2D eigenvalue weighted by atomic mass is 16.7. The number of aliphatic carboxylic acids is 1. The van der Waals surface area contributed by atoms with Crippen LogP contribution in [0.15, 0.2) is 72.9 Å². The molecule has 0 N–H and O–H groups in total. The third-order valence-electron chi connectivity index (χ3n) is 18.9. The number of ether oxygens (including phenoxy) is 4. The van der Waals surface area contributed by atoms with Crippen LogP contribution in [0.2, 0.25) is 0 Å². The molecule has 0 aromatic heterocycles. The standard InChI is InChI=1S/C88H161NO8/c1-6-8-10-12-14-16-18-20-22-24-26-28-30-32-34-36-38-40-42-43-45-47-49-51-53-55-57-59-61-63-65-67-69-71-73-75-77-79-86(91)97-84(83-96-88(87(92)93)94-81-80-89(3,4)5)82-95-85(90)78-76-74-72-70-68-66-64-62-60-58-56-54-52-50-48-46-44-41-39-37-35-33-31-29-27-25-23-21-19-17-15-13-11-9-7-2/h8,10,14,16,20,22,25-28,32,34,84,88H,6-7,9,11-13,15,17-19,21,23-24,29-31,33,35-83H2,1-5H3/b10-8-,16-14-,22-20-,27-25-,28-26-,34-32-. The number of hydrogen-bond donors (Lipinski definition) is 0. The van der Waals surface area contributed by atoms with Crippen molar-refractivity contribution in [3.8, 4) is 0 Å². The first-order valence-electron chi connectivity index (χ1n) is 42.1. The summed E-state index contributed by atoms with van der Waals surface area (Å²) in [4.78, 5) is 37.6. The minimum Gasteiger partial charge on any atom is -0.545 e. The average molecular weight is 1360 g/mol. The molecule has 0 aromatic carbocycles. The molecule has 9 nitrogen and oxygen atoms in total. The topological polar surface area (TPSA) is 111 Å². The van der Waals surface area contributed by atoms with E-state index in [1.165, 1.54) is 315 Å². The van der Waals surface area contributed by atoms with Gasteiger partial charge in [-0.05, 0) is 83.5 Å². The molecule has 0 radical (unpaired) electrons. The van der Waals surface area contributed by atoms with Gasteiger partial charge in [0.05, 0.1) is 40.3 Å². The van der Waals surface area contributed by atoms with Crippen molar-refractivity contribution in [2.45, 2.75) is 424 Å². The van der Waals surface area contributed by atoms with E-state index in [0.29, 0.717) is 23.9 Å². The van der Waals surface area contributed by atoms with Crippen molar-refractivity contribution < 1.29 is 42.9 Å². The van der Waals surface area contributed by atoms with Crippen molar-refractivity contribution in [2.75, 3.05) is 47.5 Å². The molecule has 0 aliphatic rings. The molecule has 0 spiro atoms. The highest BCUT2D eigenvalue weighted by molar-refractivity contribution is 5.70. The number of carboxylic acid groups (broad SMARTS) is 1. The van der Waals surface area contributed by atoms with Crippen LogP contribution in [0.25, 0.3) is 0 Å². The van der Waals surface area contributed by atoms with Gasteiger partial charge < -0.3 is 33.3 Å². The van der Waals surface area contributed by atoms with Crippen LogP contribution >= 0.6 is 0 Å². The van der Waals surface area contributed by atoms with Crippen LogP contribution in [0.4, 0.5) is 0 Å². The number of esters is 2. The van der Waals surface area contributed by atoms with E-state index in [2.05, 4.69) is 86.8 Å². The fourth-order valence-electron chi connectivity index (χ4n) is 12.6. The lowest BCUT2D eigenvalue weighted by atomic mass is 10.0. The lowest BCUT2D eigenvalue weighted by molar-refractivity contribution is -0.870. The van der Waals surface area contributed by atoms with E-state index in [-0.39, 0.29) is 32.2 Å². The Hall–Kier alpha value is -3.27. The van der Waals surface area contributed by atoms with Crippen molar-refractivity contribution in [1.82, 2.24) is 0 Å². The van der Waals surface area contributed by atoms with Gasteiger partial charge in [0.1, 0.15) is 13.2 Å². The summed E-state index contributed by atoms with van der Waals surface area (Å²) in [6, 6.07) is 0. The molecule has 0 saturated carbocycles. The molecule has 0 aromatic rings. The largest absolute Gasteiger partial charge is 0.545 e. The van der Waals surface area contributed by atoms with Gasteiger partial charge in [0, 0.05) is 12.8 Å². The van der Waals surface area contributed by atoms with Crippen molar-refractivity contribution in [3.63, 3.8) is 0 Å². The van der Waals surface area contributed by atoms with Gasteiger partial charge in [-0.3, -0.25) is 9.59 Å². The highest BCUT2D eigenvalue weighted by Crippen LogP contribution is 2.20. The number of hydrogen-bond acceptors (Lipinski definition) is 8. The molecule has 0 bridgehead atoms. The zero-order valence-corrected chi connectivity index (χ0v) is 65.0. The normalized spacial score (nSPS) is 13.0. The van der Waals surface area contributed by atoms with Gasteiger partial charge in [0.2, 0.25) is 0 Å². The maximum absolute atomic E-state index is 13.0. The van der Waals surface area contributed by atoms with Crippen LogP contribution in [-0.4, -0.2) is 82.3 Å². The molecule has 97 heavy (non-hydrogen) atoms. The summed E-state index contributed by atoms with van der Waals surface area (Å²) >= 11 is 0. The quantitative estimate of drug-likeness (QED) is 0.0195. The molecule has 0 amide bonds. The molecule has 0 fully saturated rings. The van der Waals surface area contributed by atoms with Gasteiger partial charge >= 0.3 is 11.9 Å². The van der Waals surface area contributed by atoms with Gasteiger partial charge in [0.25, 0.3) is 0 Å². The van der Waals surface area contributed by atoms with Gasteiger partial charge in [0.15, 0.2) is 12.4 Å². The zero-order valence-electron chi connectivity index (χ0n) is 65.0. The van der Waals surface area contributed by atoms with Crippen LogP contribution < -0.4 is 5.11 Å². The maximum Gasteiger partial charge on any atom is 0.306 e. The number of unbranched alkanes of at least 4 members (excludes halogenated alkanes) is 52.